The summed E-state index contributed by atoms with van der Waals surface area (Å²) in [7, 11) is 0. The molecule has 0 N–H and O–H groups in total. The molecule has 166 valence electrons. The lowest BCUT2D eigenvalue weighted by molar-refractivity contribution is 0.162. The molecule has 0 saturated heterocycles. The van der Waals surface area contributed by atoms with Crippen molar-refractivity contribution >= 4 is 0 Å². The second kappa shape index (κ2) is 16.8. The van der Waals surface area contributed by atoms with Crippen molar-refractivity contribution in [3.8, 4) is 0 Å². The Hall–Kier alpha value is 0. The van der Waals surface area contributed by atoms with Crippen LogP contribution >= 0.6 is 0 Å². The fourth-order valence-corrected chi connectivity index (χ4v) is 6.18. The van der Waals surface area contributed by atoms with Gasteiger partial charge in [-0.25, -0.2) is 0 Å². The molecular formula is C28H54. The van der Waals surface area contributed by atoms with E-state index in [1.54, 1.807) is 44.9 Å². The largest absolute Gasteiger partial charge is 0.0654 e. The monoisotopic (exact) mass is 390 g/mol. The standard InChI is InChI=1S/C28H54/c1-2-3-4-5-6-7-8-9-10-11-12-13-14-16-19-26-22-24-28(25-23-26)27-20-17-15-18-21-27/h26-28H,2-25H2,1H3. The van der Waals surface area contributed by atoms with Crippen LogP contribution in [0.5, 0.6) is 0 Å². The van der Waals surface area contributed by atoms with Crippen LogP contribution in [0.25, 0.3) is 0 Å². The van der Waals surface area contributed by atoms with Crippen LogP contribution in [0.15, 0.2) is 0 Å². The molecule has 2 rings (SSSR count). The Morgan fingerprint density at radius 3 is 1.36 bits per heavy atom. The molecule has 0 heterocycles. The van der Waals surface area contributed by atoms with Gasteiger partial charge in [-0.3, -0.25) is 0 Å². The Labute approximate surface area is 179 Å². The first-order chi connectivity index (χ1) is 13.9. The summed E-state index contributed by atoms with van der Waals surface area (Å²) in [5.74, 6) is 3.33. The second-order valence-electron chi connectivity index (χ2n) is 10.6. The first-order valence-electron chi connectivity index (χ1n) is 13.9. The average molecular weight is 391 g/mol. The van der Waals surface area contributed by atoms with E-state index in [0.29, 0.717) is 0 Å². The number of hydrogen-bond acceptors (Lipinski definition) is 0. The lowest BCUT2D eigenvalue weighted by Crippen LogP contribution is -2.23. The van der Waals surface area contributed by atoms with Gasteiger partial charge in [-0.05, 0) is 30.6 Å². The highest BCUT2D eigenvalue weighted by atomic mass is 14.3. The molecule has 0 aromatic carbocycles. The van der Waals surface area contributed by atoms with Gasteiger partial charge in [0, 0.05) is 0 Å². The molecule has 2 fully saturated rings. The molecule has 2 aliphatic rings. The van der Waals surface area contributed by atoms with Gasteiger partial charge < -0.3 is 0 Å². The predicted molar refractivity (Wildman–Crippen MR) is 127 cm³/mol. The Morgan fingerprint density at radius 1 is 0.429 bits per heavy atom. The van der Waals surface area contributed by atoms with Gasteiger partial charge in [0.1, 0.15) is 0 Å². The highest BCUT2D eigenvalue weighted by Crippen LogP contribution is 2.41. The van der Waals surface area contributed by atoms with E-state index in [0.717, 1.165) is 17.8 Å². The first kappa shape index (κ1) is 24.3. The van der Waals surface area contributed by atoms with Crippen LogP contribution in [-0.2, 0) is 0 Å². The van der Waals surface area contributed by atoms with Crippen molar-refractivity contribution in [2.24, 2.45) is 17.8 Å². The van der Waals surface area contributed by atoms with Gasteiger partial charge in [-0.2, -0.15) is 0 Å². The molecular weight excluding hydrogens is 336 g/mol. The third kappa shape index (κ3) is 11.3. The maximum absolute atomic E-state index is 2.31. The van der Waals surface area contributed by atoms with Crippen molar-refractivity contribution in [1.82, 2.24) is 0 Å². The van der Waals surface area contributed by atoms with Crippen molar-refractivity contribution in [3.05, 3.63) is 0 Å². The minimum absolute atomic E-state index is 1.09. The van der Waals surface area contributed by atoms with Crippen LogP contribution in [0, 0.1) is 17.8 Å². The molecule has 0 aromatic heterocycles. The molecule has 0 atom stereocenters. The molecule has 2 aliphatic carbocycles. The van der Waals surface area contributed by atoms with Gasteiger partial charge in [0.05, 0.1) is 0 Å². The topological polar surface area (TPSA) is 0 Å². The van der Waals surface area contributed by atoms with E-state index in [-0.39, 0.29) is 0 Å². The Morgan fingerprint density at radius 2 is 0.857 bits per heavy atom. The molecule has 0 nitrogen and oxygen atoms in total. The molecule has 0 unspecified atom stereocenters. The maximum atomic E-state index is 2.31. The van der Waals surface area contributed by atoms with E-state index in [2.05, 4.69) is 6.92 Å². The van der Waals surface area contributed by atoms with E-state index in [4.69, 9.17) is 0 Å². The van der Waals surface area contributed by atoms with Gasteiger partial charge in [0.25, 0.3) is 0 Å². The Balaban J connectivity index is 1.30. The lowest BCUT2D eigenvalue weighted by Gasteiger charge is -2.36. The molecule has 2 saturated carbocycles. The quantitative estimate of drug-likeness (QED) is 0.230. The van der Waals surface area contributed by atoms with E-state index < -0.39 is 0 Å². The van der Waals surface area contributed by atoms with Gasteiger partial charge in [-0.15, -0.1) is 0 Å². The van der Waals surface area contributed by atoms with Gasteiger partial charge >= 0.3 is 0 Å². The number of unbranched alkanes of at least 4 members (excludes halogenated alkanes) is 13. The van der Waals surface area contributed by atoms with Crippen molar-refractivity contribution in [3.63, 3.8) is 0 Å². The van der Waals surface area contributed by atoms with E-state index in [1.807, 2.05) is 0 Å². The van der Waals surface area contributed by atoms with E-state index >= 15 is 0 Å². The molecule has 0 aromatic rings. The van der Waals surface area contributed by atoms with E-state index in [1.165, 1.54) is 109 Å². The average Bonchev–Trinajstić information content (AvgIpc) is 2.75. The van der Waals surface area contributed by atoms with Crippen molar-refractivity contribution < 1.29 is 0 Å². The zero-order valence-electron chi connectivity index (χ0n) is 19.7. The van der Waals surface area contributed by atoms with Crippen molar-refractivity contribution in [2.75, 3.05) is 0 Å². The zero-order valence-corrected chi connectivity index (χ0v) is 19.7. The van der Waals surface area contributed by atoms with Crippen LogP contribution < -0.4 is 0 Å². The molecule has 0 spiro atoms. The molecule has 28 heavy (non-hydrogen) atoms. The molecule has 0 heteroatoms. The lowest BCUT2D eigenvalue weighted by atomic mass is 9.70. The predicted octanol–water partition coefficient (Wildman–Crippen LogP) is 10.2. The summed E-state index contributed by atoms with van der Waals surface area (Å²) in [5.41, 5.74) is 0. The summed E-state index contributed by atoms with van der Waals surface area (Å²) in [4.78, 5) is 0. The van der Waals surface area contributed by atoms with Crippen LogP contribution in [0.3, 0.4) is 0 Å². The molecule has 0 aliphatic heterocycles. The summed E-state index contributed by atoms with van der Waals surface area (Å²) in [5, 5.41) is 0. The van der Waals surface area contributed by atoms with Crippen molar-refractivity contribution in [1.29, 1.82) is 0 Å². The third-order valence-corrected chi connectivity index (χ3v) is 8.17. The Bertz CT molecular complexity index is 319. The van der Waals surface area contributed by atoms with Crippen LogP contribution in [0.1, 0.15) is 161 Å². The molecule has 0 amide bonds. The fraction of sp³-hybridized carbons (Fsp3) is 1.00. The summed E-state index contributed by atoms with van der Waals surface area (Å²) in [6.45, 7) is 2.31. The normalized spacial score (nSPS) is 23.9. The summed E-state index contributed by atoms with van der Waals surface area (Å²) < 4.78 is 0. The van der Waals surface area contributed by atoms with Crippen molar-refractivity contribution in [2.45, 2.75) is 161 Å². The number of hydrogen-bond donors (Lipinski definition) is 0. The van der Waals surface area contributed by atoms with Gasteiger partial charge in [-0.1, -0.05) is 148 Å². The summed E-state index contributed by atoms with van der Waals surface area (Å²) in [6.07, 6.45) is 36.4. The smallest absolute Gasteiger partial charge is 0.0386 e. The minimum Gasteiger partial charge on any atom is -0.0654 e. The van der Waals surface area contributed by atoms with Crippen LogP contribution in [-0.4, -0.2) is 0 Å². The third-order valence-electron chi connectivity index (χ3n) is 8.17. The highest BCUT2D eigenvalue weighted by molar-refractivity contribution is 4.79. The van der Waals surface area contributed by atoms with Crippen LogP contribution in [0.2, 0.25) is 0 Å². The SMILES string of the molecule is CCCCCCCCCCCCCCCCC1CCC(C2CCCCC2)CC1. The number of rotatable bonds is 16. The van der Waals surface area contributed by atoms with Gasteiger partial charge in [0.2, 0.25) is 0 Å². The fourth-order valence-electron chi connectivity index (χ4n) is 6.18. The molecule has 0 bridgehead atoms. The minimum atomic E-state index is 1.09. The Kier molecular flexibility index (Phi) is 14.5. The summed E-state index contributed by atoms with van der Waals surface area (Å²) >= 11 is 0. The highest BCUT2D eigenvalue weighted by Gasteiger charge is 2.28. The summed E-state index contributed by atoms with van der Waals surface area (Å²) in [6, 6.07) is 0. The molecule has 0 radical (unpaired) electrons. The maximum Gasteiger partial charge on any atom is -0.0386 e. The van der Waals surface area contributed by atoms with Crippen LogP contribution in [0.4, 0.5) is 0 Å². The first-order valence-corrected chi connectivity index (χ1v) is 13.9. The van der Waals surface area contributed by atoms with Gasteiger partial charge in [0.15, 0.2) is 0 Å². The van der Waals surface area contributed by atoms with E-state index in [9.17, 15) is 0 Å². The zero-order chi connectivity index (χ0) is 19.7. The second-order valence-corrected chi connectivity index (χ2v) is 10.6.